The molecular weight excluding hydrogens is 471 g/mol. The molecule has 4 nitrogen and oxygen atoms in total. The number of halogens is 2. The summed E-state index contributed by atoms with van der Waals surface area (Å²) in [5.74, 6) is 10.8. The number of carbonyl (C=O) groups is 2. The van der Waals surface area contributed by atoms with Crippen LogP contribution in [-0.2, 0) is 19.1 Å². The maximum atomic E-state index is 10.6. The molecule has 0 saturated heterocycles. The van der Waals surface area contributed by atoms with E-state index in [1.54, 1.807) is 0 Å². The summed E-state index contributed by atoms with van der Waals surface area (Å²) in [4.78, 5) is 21.3. The van der Waals surface area contributed by atoms with Gasteiger partial charge in [0.15, 0.2) is 0 Å². The Morgan fingerprint density at radius 2 is 1.33 bits per heavy atom. The number of esters is 2. The first kappa shape index (κ1) is 18.1. The Hall–Kier alpha value is -0.981. The van der Waals surface area contributed by atoms with E-state index in [2.05, 4.69) is 55.5 Å². The van der Waals surface area contributed by atoms with Crippen LogP contribution in [0.2, 0.25) is 0 Å². The van der Waals surface area contributed by atoms with Gasteiger partial charge in [0.05, 0.1) is 0 Å². The zero-order valence-electron chi connectivity index (χ0n) is 11.2. The van der Waals surface area contributed by atoms with Crippen LogP contribution in [0.15, 0.2) is 8.95 Å². The number of carbonyl (C=O) groups excluding carboxylic acids is 2. The molecule has 1 rings (SSSR count). The van der Waals surface area contributed by atoms with Gasteiger partial charge in [-0.25, -0.2) is 0 Å². The van der Waals surface area contributed by atoms with Crippen molar-refractivity contribution < 1.29 is 19.1 Å². The van der Waals surface area contributed by atoms with Gasteiger partial charge in [0.2, 0.25) is 0 Å². The summed E-state index contributed by atoms with van der Waals surface area (Å²) in [6.45, 7) is 2.82. The van der Waals surface area contributed by atoms with E-state index in [4.69, 9.17) is 9.47 Å². The first-order valence-electron chi connectivity index (χ1n) is 5.64. The van der Waals surface area contributed by atoms with E-state index in [0.717, 1.165) is 17.8 Å². The van der Waals surface area contributed by atoms with E-state index in [-0.39, 0.29) is 39.7 Å². The molecule has 0 N–H and O–H groups in total. The van der Waals surface area contributed by atoms with Crippen LogP contribution in [0, 0.1) is 23.7 Å². The standard InChI is InChI=1S/C14H10Br2O4Se/c1-9(17)19-7-3-5-11-13(15)14(16)12(21-11)6-4-8-20-10(2)18/h7-8H2,1-2H3. The van der Waals surface area contributed by atoms with Crippen LogP contribution in [0.25, 0.3) is 0 Å². The first-order chi connectivity index (χ1) is 9.91. The molecule has 0 aliphatic heterocycles. The van der Waals surface area contributed by atoms with Gasteiger partial charge in [-0.2, -0.15) is 0 Å². The van der Waals surface area contributed by atoms with Gasteiger partial charge in [-0.1, -0.05) is 0 Å². The molecule has 0 unspecified atom stereocenters. The van der Waals surface area contributed by atoms with Crippen LogP contribution >= 0.6 is 31.9 Å². The van der Waals surface area contributed by atoms with Crippen LogP contribution < -0.4 is 0 Å². The molecule has 0 amide bonds. The van der Waals surface area contributed by atoms with Crippen molar-refractivity contribution in [3.8, 4) is 23.7 Å². The third kappa shape index (κ3) is 6.54. The summed E-state index contributed by atoms with van der Waals surface area (Å²) in [6, 6.07) is 0. The van der Waals surface area contributed by atoms with Crippen molar-refractivity contribution in [1.29, 1.82) is 0 Å². The fraction of sp³-hybridized carbons (Fsp3) is 0.286. The molecule has 0 saturated carbocycles. The second-order valence-electron chi connectivity index (χ2n) is 3.55. The average molecular weight is 481 g/mol. The molecule has 0 aliphatic carbocycles. The quantitative estimate of drug-likeness (QED) is 0.369. The van der Waals surface area contributed by atoms with Gasteiger partial charge in [-0.05, 0) is 0 Å². The Labute approximate surface area is 145 Å². The maximum absolute atomic E-state index is 10.6. The van der Waals surface area contributed by atoms with Gasteiger partial charge in [0.1, 0.15) is 0 Å². The molecule has 0 aromatic carbocycles. The molecular formula is C14H10Br2O4Se. The molecule has 110 valence electrons. The molecule has 21 heavy (non-hydrogen) atoms. The van der Waals surface area contributed by atoms with Crippen LogP contribution in [-0.4, -0.2) is 39.7 Å². The van der Waals surface area contributed by atoms with Crippen LogP contribution in [0.3, 0.4) is 0 Å². The predicted molar refractivity (Wildman–Crippen MR) is 85.8 cm³/mol. The minimum absolute atomic E-state index is 0.0376. The summed E-state index contributed by atoms with van der Waals surface area (Å²) < 4.78 is 13.0. The van der Waals surface area contributed by atoms with Gasteiger partial charge < -0.3 is 0 Å². The van der Waals surface area contributed by atoms with Crippen LogP contribution in [0.4, 0.5) is 0 Å². The summed E-state index contributed by atoms with van der Waals surface area (Å²) >= 11 is 6.86. The van der Waals surface area contributed by atoms with Gasteiger partial charge in [0, 0.05) is 0 Å². The zero-order chi connectivity index (χ0) is 15.8. The van der Waals surface area contributed by atoms with E-state index in [9.17, 15) is 9.59 Å². The molecule has 0 spiro atoms. The minimum atomic E-state index is -0.356. The molecule has 0 bridgehead atoms. The van der Waals surface area contributed by atoms with Gasteiger partial charge in [0.25, 0.3) is 0 Å². The van der Waals surface area contributed by atoms with E-state index in [1.807, 2.05) is 0 Å². The van der Waals surface area contributed by atoms with Crippen molar-refractivity contribution in [2.45, 2.75) is 13.8 Å². The third-order valence-corrected chi connectivity index (χ3v) is 7.34. The topological polar surface area (TPSA) is 52.6 Å². The first-order valence-corrected chi connectivity index (χ1v) is 8.94. The fourth-order valence-corrected chi connectivity index (χ4v) is 4.84. The second-order valence-corrected chi connectivity index (χ2v) is 7.28. The number of ether oxygens (including phenoxy) is 2. The molecule has 0 atom stereocenters. The Morgan fingerprint density at radius 1 is 0.952 bits per heavy atom. The summed E-state index contributed by atoms with van der Waals surface area (Å²) in [5.41, 5.74) is 0. The van der Waals surface area contributed by atoms with E-state index in [1.165, 1.54) is 13.8 Å². The molecule has 0 fully saturated rings. The Morgan fingerprint density at radius 3 is 1.67 bits per heavy atom. The van der Waals surface area contributed by atoms with Gasteiger partial charge in [-0.15, -0.1) is 0 Å². The van der Waals surface area contributed by atoms with E-state index in [0.29, 0.717) is 0 Å². The van der Waals surface area contributed by atoms with Crippen molar-refractivity contribution in [3.63, 3.8) is 0 Å². The van der Waals surface area contributed by atoms with Crippen molar-refractivity contribution in [1.82, 2.24) is 0 Å². The Kier molecular flexibility index (Phi) is 7.85. The Balaban J connectivity index is 2.78. The van der Waals surface area contributed by atoms with Crippen molar-refractivity contribution in [2.75, 3.05) is 13.2 Å². The average Bonchev–Trinajstić information content (AvgIpc) is 2.67. The van der Waals surface area contributed by atoms with Crippen LogP contribution in [0.5, 0.6) is 0 Å². The predicted octanol–water partition coefficient (Wildman–Crippen LogP) is 2.10. The molecule has 1 aromatic heterocycles. The number of rotatable bonds is 2. The van der Waals surface area contributed by atoms with Crippen molar-refractivity contribution in [3.05, 3.63) is 17.8 Å². The van der Waals surface area contributed by atoms with Gasteiger partial charge >= 0.3 is 146 Å². The van der Waals surface area contributed by atoms with Crippen molar-refractivity contribution in [2.24, 2.45) is 0 Å². The summed E-state index contributed by atoms with van der Waals surface area (Å²) in [5, 5.41) is 0. The van der Waals surface area contributed by atoms with E-state index < -0.39 is 0 Å². The second kappa shape index (κ2) is 9.12. The number of hydrogen-bond acceptors (Lipinski definition) is 4. The molecule has 7 heteroatoms. The zero-order valence-corrected chi connectivity index (χ0v) is 16.1. The summed E-state index contributed by atoms with van der Waals surface area (Å²) in [6.07, 6.45) is 0. The Bertz CT molecular complexity index is 614. The normalized spacial score (nSPS) is 8.95. The molecule has 0 radical (unpaired) electrons. The molecule has 1 heterocycles. The van der Waals surface area contributed by atoms with E-state index >= 15 is 0 Å². The van der Waals surface area contributed by atoms with Gasteiger partial charge in [-0.3, -0.25) is 0 Å². The monoisotopic (exact) mass is 480 g/mol. The SMILES string of the molecule is CC(=O)OCC#Cc1[se]c(C#CCOC(C)=O)c(Br)c1Br. The summed E-state index contributed by atoms with van der Waals surface area (Å²) in [7, 11) is 0. The fourth-order valence-electron chi connectivity index (χ4n) is 1.06. The van der Waals surface area contributed by atoms with Crippen molar-refractivity contribution >= 4 is 58.3 Å². The number of hydrogen-bond donors (Lipinski definition) is 0. The third-order valence-electron chi connectivity index (χ3n) is 1.89. The molecule has 0 aliphatic rings. The van der Waals surface area contributed by atoms with Crippen LogP contribution in [0.1, 0.15) is 22.7 Å². The molecule has 1 aromatic rings.